The number of aromatic nitrogens is 5. The smallest absolute Gasteiger partial charge is 0.408 e. The summed E-state index contributed by atoms with van der Waals surface area (Å²) in [6, 6.07) is 14.7. The number of ether oxygens (including phenoxy) is 2. The van der Waals surface area contributed by atoms with Crippen LogP contribution in [0.2, 0.25) is 5.15 Å². The molecule has 2 fully saturated rings. The third-order valence-corrected chi connectivity index (χ3v) is 8.23. The van der Waals surface area contributed by atoms with Crippen LogP contribution in [0.25, 0.3) is 5.95 Å². The number of carbonyl (C=O) groups excluding carboxylic acids is 2. The van der Waals surface area contributed by atoms with Crippen LogP contribution in [0.15, 0.2) is 67.1 Å². The fraction of sp³-hybridized carbons (Fsp3) is 0.355. The molecule has 10 nitrogen and oxygen atoms in total. The number of nitrogens with one attached hydrogen (secondary N) is 1. The van der Waals surface area contributed by atoms with Gasteiger partial charge in [-0.05, 0) is 56.9 Å². The van der Waals surface area contributed by atoms with Gasteiger partial charge in [0.1, 0.15) is 17.9 Å². The molecule has 1 N–H and O–H groups in total. The van der Waals surface area contributed by atoms with Crippen LogP contribution in [0.4, 0.5) is 4.79 Å². The molecule has 3 aromatic heterocycles. The summed E-state index contributed by atoms with van der Waals surface area (Å²) < 4.78 is 13.2. The molecule has 0 bridgehead atoms. The number of hydrogen-bond donors (Lipinski definition) is 1. The second-order valence-electron chi connectivity index (χ2n) is 11.4. The predicted molar refractivity (Wildman–Crippen MR) is 154 cm³/mol. The Kier molecular flexibility index (Phi) is 7.40. The molecule has 216 valence electrons. The summed E-state index contributed by atoms with van der Waals surface area (Å²) in [5.74, 6) is 1.38. The van der Waals surface area contributed by atoms with Gasteiger partial charge in [-0.2, -0.15) is 5.10 Å². The Morgan fingerprint density at radius 2 is 1.79 bits per heavy atom. The van der Waals surface area contributed by atoms with Crippen LogP contribution in [0.3, 0.4) is 0 Å². The largest absolute Gasteiger partial charge is 0.474 e. The Labute approximate surface area is 248 Å². The highest BCUT2D eigenvalue weighted by molar-refractivity contribution is 6.29. The standard InChI is InChI=1S/C31H31ClN6O4/c1-18-24(16-38(37-18)29-33-10-7-11-34-29)27(39)20-12-22-23(13-20)28(22)42-26-15-21(14-25(32)35-26)31(2,3)36-30(40)41-17-19-8-5-4-6-9-19/h4-11,14-16,20,22-23,28H,12-13,17H2,1-3H3,(H,36,40)/t20?,22-,23+,28?. The third kappa shape index (κ3) is 5.85. The minimum absolute atomic E-state index is 0.0266. The van der Waals surface area contributed by atoms with Gasteiger partial charge in [0, 0.05) is 42.4 Å². The summed E-state index contributed by atoms with van der Waals surface area (Å²) >= 11 is 6.36. The number of pyridine rings is 1. The summed E-state index contributed by atoms with van der Waals surface area (Å²) in [6.45, 7) is 5.73. The maximum absolute atomic E-state index is 13.3. The third-order valence-electron chi connectivity index (χ3n) is 8.04. The van der Waals surface area contributed by atoms with Crippen LogP contribution in [-0.2, 0) is 16.9 Å². The molecule has 0 aliphatic heterocycles. The van der Waals surface area contributed by atoms with E-state index in [1.54, 1.807) is 41.5 Å². The molecule has 3 heterocycles. The van der Waals surface area contributed by atoms with E-state index >= 15 is 0 Å². The molecular weight excluding hydrogens is 556 g/mol. The fourth-order valence-electron chi connectivity index (χ4n) is 5.72. The number of halogens is 1. The van der Waals surface area contributed by atoms with Crippen molar-refractivity contribution in [3.63, 3.8) is 0 Å². The summed E-state index contributed by atoms with van der Waals surface area (Å²) in [6.07, 6.45) is 5.92. The second-order valence-corrected chi connectivity index (χ2v) is 11.8. The van der Waals surface area contributed by atoms with Gasteiger partial charge in [-0.15, -0.1) is 0 Å². The zero-order chi connectivity index (χ0) is 29.4. The number of fused-ring (bicyclic) bond motifs is 1. The van der Waals surface area contributed by atoms with Crippen molar-refractivity contribution in [2.24, 2.45) is 17.8 Å². The maximum atomic E-state index is 13.3. The summed E-state index contributed by atoms with van der Waals surface area (Å²) in [5, 5.41) is 7.61. The van der Waals surface area contributed by atoms with E-state index in [2.05, 4.69) is 25.4 Å². The molecule has 2 aliphatic carbocycles. The van der Waals surface area contributed by atoms with Gasteiger partial charge in [0.15, 0.2) is 5.78 Å². The lowest BCUT2D eigenvalue weighted by molar-refractivity contribution is 0.0901. The average molecular weight is 587 g/mol. The number of alkyl carbamates (subject to hydrolysis) is 1. The minimum atomic E-state index is -0.789. The van der Waals surface area contributed by atoms with Gasteiger partial charge in [0.2, 0.25) is 11.8 Å². The van der Waals surface area contributed by atoms with Crippen molar-refractivity contribution in [2.45, 2.75) is 51.9 Å². The van der Waals surface area contributed by atoms with E-state index in [4.69, 9.17) is 21.1 Å². The molecule has 42 heavy (non-hydrogen) atoms. The van der Waals surface area contributed by atoms with Gasteiger partial charge >= 0.3 is 6.09 Å². The van der Waals surface area contributed by atoms with Crippen molar-refractivity contribution < 1.29 is 19.1 Å². The van der Waals surface area contributed by atoms with Crippen molar-refractivity contribution in [3.8, 4) is 11.8 Å². The molecule has 2 aliphatic rings. The molecular formula is C31H31ClN6O4. The van der Waals surface area contributed by atoms with Crippen molar-refractivity contribution >= 4 is 23.5 Å². The molecule has 2 unspecified atom stereocenters. The number of hydrogen-bond acceptors (Lipinski definition) is 8. The molecule has 6 rings (SSSR count). The SMILES string of the molecule is Cc1nn(-c2ncccn2)cc1C(=O)C1C[C@@H]2C(Oc3cc(C(C)(C)NC(=O)OCc4ccccc4)cc(Cl)n3)[C@@H]2C1. The van der Waals surface area contributed by atoms with Crippen LogP contribution < -0.4 is 10.1 Å². The summed E-state index contributed by atoms with van der Waals surface area (Å²) in [4.78, 5) is 38.7. The van der Waals surface area contributed by atoms with E-state index in [0.29, 0.717) is 23.1 Å². The van der Waals surface area contributed by atoms with E-state index in [-0.39, 0.29) is 41.4 Å². The Morgan fingerprint density at radius 1 is 1.07 bits per heavy atom. The van der Waals surface area contributed by atoms with E-state index in [0.717, 1.165) is 24.0 Å². The summed E-state index contributed by atoms with van der Waals surface area (Å²) in [7, 11) is 0. The maximum Gasteiger partial charge on any atom is 0.408 e. The normalized spacial score (nSPS) is 21.0. The number of Topliss-reactive ketones (excluding diaryl/α,β-unsaturated/α-hetero) is 1. The number of ketones is 1. The van der Waals surface area contributed by atoms with Crippen molar-refractivity contribution in [1.82, 2.24) is 30.0 Å². The van der Waals surface area contributed by atoms with E-state index in [1.165, 1.54) is 0 Å². The van der Waals surface area contributed by atoms with Crippen LogP contribution in [-0.4, -0.2) is 42.7 Å². The van der Waals surface area contributed by atoms with Crippen molar-refractivity contribution in [2.75, 3.05) is 0 Å². The number of nitrogens with zero attached hydrogens (tertiary/aromatic N) is 5. The van der Waals surface area contributed by atoms with Crippen LogP contribution in [0, 0.1) is 24.7 Å². The lowest BCUT2D eigenvalue weighted by Crippen LogP contribution is -2.41. The number of benzene rings is 1. The highest BCUT2D eigenvalue weighted by Crippen LogP contribution is 2.56. The van der Waals surface area contributed by atoms with Gasteiger partial charge in [-0.1, -0.05) is 41.9 Å². The minimum Gasteiger partial charge on any atom is -0.474 e. The van der Waals surface area contributed by atoms with E-state index in [1.807, 2.05) is 51.1 Å². The van der Waals surface area contributed by atoms with E-state index in [9.17, 15) is 9.59 Å². The first-order chi connectivity index (χ1) is 20.2. The van der Waals surface area contributed by atoms with Gasteiger partial charge in [-0.3, -0.25) is 4.79 Å². The molecule has 4 aromatic rings. The molecule has 2 saturated carbocycles. The monoisotopic (exact) mass is 586 g/mol. The molecule has 0 radical (unpaired) electrons. The first kappa shape index (κ1) is 27.8. The molecule has 4 atom stereocenters. The highest BCUT2D eigenvalue weighted by Gasteiger charge is 2.59. The Bertz CT molecular complexity index is 1600. The number of carbonyl (C=O) groups is 2. The van der Waals surface area contributed by atoms with Gasteiger partial charge < -0.3 is 14.8 Å². The molecule has 1 amide bonds. The second kappa shape index (κ2) is 11.2. The highest BCUT2D eigenvalue weighted by atomic mass is 35.5. The molecule has 0 saturated heterocycles. The number of aryl methyl sites for hydroxylation is 1. The zero-order valence-electron chi connectivity index (χ0n) is 23.5. The van der Waals surface area contributed by atoms with Gasteiger partial charge in [-0.25, -0.2) is 24.4 Å². The van der Waals surface area contributed by atoms with Gasteiger partial charge in [0.25, 0.3) is 0 Å². The number of amides is 1. The number of rotatable bonds is 9. The van der Waals surface area contributed by atoms with Crippen molar-refractivity contribution in [3.05, 3.63) is 94.7 Å². The Balaban J connectivity index is 1.05. The fourth-order valence-corrected chi connectivity index (χ4v) is 5.92. The first-order valence-corrected chi connectivity index (χ1v) is 14.3. The average Bonchev–Trinajstić information content (AvgIpc) is 3.28. The molecule has 11 heteroatoms. The Morgan fingerprint density at radius 3 is 2.50 bits per heavy atom. The lowest BCUT2D eigenvalue weighted by Gasteiger charge is -2.27. The van der Waals surface area contributed by atoms with E-state index < -0.39 is 11.6 Å². The summed E-state index contributed by atoms with van der Waals surface area (Å²) in [5.41, 5.74) is 2.12. The predicted octanol–water partition coefficient (Wildman–Crippen LogP) is 5.47. The molecule has 0 spiro atoms. The van der Waals surface area contributed by atoms with Crippen LogP contribution in [0.5, 0.6) is 5.88 Å². The first-order valence-electron chi connectivity index (χ1n) is 13.9. The molecule has 1 aromatic carbocycles. The zero-order valence-corrected chi connectivity index (χ0v) is 24.3. The van der Waals surface area contributed by atoms with Gasteiger partial charge in [0.05, 0.1) is 16.8 Å². The van der Waals surface area contributed by atoms with Crippen LogP contribution in [0.1, 0.15) is 53.9 Å². The Hall–Kier alpha value is -4.31. The lowest BCUT2D eigenvalue weighted by atomic mass is 9.93. The van der Waals surface area contributed by atoms with Crippen LogP contribution >= 0.6 is 11.6 Å². The topological polar surface area (TPSA) is 121 Å². The van der Waals surface area contributed by atoms with Crippen molar-refractivity contribution in [1.29, 1.82) is 0 Å². The quantitative estimate of drug-likeness (QED) is 0.202.